The van der Waals surface area contributed by atoms with Crippen LogP contribution in [0.25, 0.3) is 0 Å². The van der Waals surface area contributed by atoms with Gasteiger partial charge in [-0.3, -0.25) is 19.8 Å². The average molecular weight is 772 g/mol. The number of amides is 2. The van der Waals surface area contributed by atoms with E-state index in [4.69, 9.17) is 11.5 Å². The van der Waals surface area contributed by atoms with Gasteiger partial charge < -0.3 is 33.0 Å². The second kappa shape index (κ2) is 21.4. The Morgan fingerprint density at radius 3 is 1.59 bits per heavy atom. The summed E-state index contributed by atoms with van der Waals surface area (Å²) in [6, 6.07) is 8.12. The molecule has 0 aliphatic heterocycles. The van der Waals surface area contributed by atoms with E-state index in [1.165, 1.54) is 44.3 Å². The largest absolute Gasteiger partial charge is 0.412 e. The first-order valence-electron chi connectivity index (χ1n) is 9.33. The Balaban J connectivity index is -0.000000516. The van der Waals surface area contributed by atoms with Crippen molar-refractivity contribution in [1.82, 2.24) is 10.9 Å². The van der Waals surface area contributed by atoms with E-state index in [9.17, 15) is 23.2 Å². The third-order valence-corrected chi connectivity index (χ3v) is 3.50. The summed E-state index contributed by atoms with van der Waals surface area (Å²) in [6.45, 7) is 2.67. The van der Waals surface area contributed by atoms with Crippen LogP contribution in [0.1, 0.15) is 29.8 Å². The van der Waals surface area contributed by atoms with Crippen LogP contribution in [0.5, 0.6) is 0 Å². The van der Waals surface area contributed by atoms with Gasteiger partial charge in [0, 0.05) is 74.8 Å². The van der Waals surface area contributed by atoms with Gasteiger partial charge in [-0.25, -0.2) is 14.6 Å². The minimum atomic E-state index is -0.638. The fourth-order valence-electron chi connectivity index (χ4n) is 1.98. The van der Waals surface area contributed by atoms with Gasteiger partial charge in [0.2, 0.25) is 11.8 Å². The molecule has 199 valence electrons. The van der Waals surface area contributed by atoms with Crippen LogP contribution in [0.15, 0.2) is 41.5 Å². The van der Waals surface area contributed by atoms with Gasteiger partial charge in [-0.05, 0) is 60.8 Å². The first kappa shape index (κ1) is 38.8. The van der Waals surface area contributed by atoms with Crippen LogP contribution >= 0.6 is 24.4 Å². The van der Waals surface area contributed by atoms with Crippen molar-refractivity contribution in [1.29, 1.82) is 0 Å². The molecule has 2 aromatic rings. The van der Waals surface area contributed by atoms with E-state index in [0.717, 1.165) is 6.07 Å². The standard InChI is InChI=1S/C10H11FN4OS.C9H8FNO2.CH5N3S.Ac.H2O/c1-6(16)14-8-3-2-7(9(11)4-8)5-13-15-10(12)17;1-6(13)11-8-3-2-7(5-12)9(10)4-8;2-1(5)4-3;;/h2-5H,1H3,(H,14,16)(H3,12,15,17);2-5H,1H3,(H,11,13);3H2,(H3,2,4,5);;1H2/b13-5+;;;;. The van der Waals surface area contributed by atoms with Crippen LogP contribution in [0, 0.1) is 55.7 Å². The second-order valence-electron chi connectivity index (χ2n) is 6.20. The summed E-state index contributed by atoms with van der Waals surface area (Å²) in [4.78, 5) is 31.6. The number of nitrogens with one attached hydrogen (secondary N) is 4. The van der Waals surface area contributed by atoms with Crippen LogP contribution in [0.4, 0.5) is 20.2 Å². The minimum Gasteiger partial charge on any atom is -0.412 e. The van der Waals surface area contributed by atoms with Crippen molar-refractivity contribution in [3.8, 4) is 0 Å². The van der Waals surface area contributed by atoms with Crippen molar-refractivity contribution in [2.75, 3.05) is 10.6 Å². The molecule has 0 aromatic heterocycles. The van der Waals surface area contributed by atoms with Gasteiger partial charge in [-0.15, -0.1) is 0 Å². The fraction of sp³-hybridized carbons (Fsp3) is 0.100. The molecule has 2 aromatic carbocycles. The maximum atomic E-state index is 13.5. The Hall–Kier alpha value is -2.68. The van der Waals surface area contributed by atoms with Gasteiger partial charge in [0.15, 0.2) is 16.5 Å². The number of halogens is 2. The minimum absolute atomic E-state index is 0. The number of hydrazone groups is 1. The number of carbonyl (C=O) groups is 3. The number of hydrogen-bond donors (Lipinski definition) is 7. The van der Waals surface area contributed by atoms with E-state index < -0.39 is 11.6 Å². The zero-order valence-electron chi connectivity index (χ0n) is 19.7. The van der Waals surface area contributed by atoms with Gasteiger partial charge >= 0.3 is 0 Å². The van der Waals surface area contributed by atoms with E-state index in [1.807, 2.05) is 5.43 Å². The van der Waals surface area contributed by atoms with Gasteiger partial charge in [0.1, 0.15) is 11.6 Å². The molecule has 0 heterocycles. The number of hydrogen-bond acceptors (Lipinski definition) is 7. The normalized spacial score (nSPS) is 8.89. The number of nitrogens with zero attached hydrogens (tertiary/aromatic N) is 1. The summed E-state index contributed by atoms with van der Waals surface area (Å²) in [6.07, 6.45) is 1.67. The summed E-state index contributed by atoms with van der Waals surface area (Å²) < 4.78 is 26.4. The molecule has 0 saturated heterocycles. The summed E-state index contributed by atoms with van der Waals surface area (Å²) in [7, 11) is 0. The molecule has 0 spiro atoms. The predicted molar refractivity (Wildman–Crippen MR) is 142 cm³/mol. The Bertz CT molecular complexity index is 1110. The molecule has 37 heavy (non-hydrogen) atoms. The molecule has 2 rings (SSSR count). The van der Waals surface area contributed by atoms with E-state index in [2.05, 4.69) is 51.4 Å². The SMILES string of the molecule is CC(=O)Nc1ccc(/C=N/NC(N)=S)c(F)c1.CC(=O)Nc1ccc(C=O)c(F)c1.NNC(N)=S.O.[Ac]. The second-order valence-corrected chi connectivity index (χ2v) is 7.08. The topological polar surface area (TPSA) is 221 Å². The van der Waals surface area contributed by atoms with Crippen molar-refractivity contribution in [2.45, 2.75) is 13.8 Å². The maximum Gasteiger partial charge on any atom is 0.221 e. The number of aldehydes is 1. The molecule has 17 heteroatoms. The predicted octanol–water partition coefficient (Wildman–Crippen LogP) is 0.416. The monoisotopic (exact) mass is 771 g/mol. The summed E-state index contributed by atoms with van der Waals surface area (Å²) in [5.41, 5.74) is 15.2. The summed E-state index contributed by atoms with van der Waals surface area (Å²) >= 11 is 8.76. The van der Waals surface area contributed by atoms with Crippen LogP contribution < -0.4 is 38.8 Å². The van der Waals surface area contributed by atoms with E-state index in [0.29, 0.717) is 17.7 Å². The Labute approximate surface area is 258 Å². The van der Waals surface area contributed by atoms with E-state index in [1.54, 1.807) is 6.07 Å². The average Bonchev–Trinajstić information content (AvgIpc) is 2.75. The molecule has 0 fully saturated rings. The molecule has 0 aliphatic rings. The third-order valence-electron chi connectivity index (χ3n) is 3.29. The molecule has 1 radical (unpaired) electrons. The van der Waals surface area contributed by atoms with Gasteiger partial charge in [0.25, 0.3) is 0 Å². The smallest absolute Gasteiger partial charge is 0.221 e. The summed E-state index contributed by atoms with van der Waals surface area (Å²) in [5, 5.41) is 8.61. The van der Waals surface area contributed by atoms with Gasteiger partial charge in [-0.1, -0.05) is 0 Å². The van der Waals surface area contributed by atoms with E-state index in [-0.39, 0.29) is 82.7 Å². The molecule has 0 unspecified atom stereocenters. The van der Waals surface area contributed by atoms with Crippen LogP contribution in [-0.4, -0.2) is 40.0 Å². The molecule has 12 nitrogen and oxygen atoms in total. The molecular weight excluding hydrogens is 745 g/mol. The van der Waals surface area contributed by atoms with Crippen molar-refractivity contribution in [3.05, 3.63) is 59.2 Å². The molecule has 2 amide bonds. The first-order valence-corrected chi connectivity index (χ1v) is 10.1. The molecule has 12 N–H and O–H groups in total. The molecule has 0 saturated carbocycles. The van der Waals surface area contributed by atoms with E-state index >= 15 is 0 Å². The number of rotatable bonds is 5. The zero-order valence-corrected chi connectivity index (χ0v) is 26.1. The van der Waals surface area contributed by atoms with Crippen molar-refractivity contribution < 1.29 is 72.7 Å². The molecule has 0 aliphatic carbocycles. The number of benzene rings is 2. The summed E-state index contributed by atoms with van der Waals surface area (Å²) in [5.74, 6) is 2.97. The van der Waals surface area contributed by atoms with Crippen molar-refractivity contribution in [3.63, 3.8) is 0 Å². The first-order chi connectivity index (χ1) is 16.4. The number of anilines is 2. The van der Waals surface area contributed by atoms with Gasteiger partial charge in [-0.2, -0.15) is 5.10 Å². The molecule has 0 atom stereocenters. The number of hydrazine groups is 1. The van der Waals surface area contributed by atoms with Crippen molar-refractivity contribution >= 4 is 70.4 Å². The van der Waals surface area contributed by atoms with Crippen LogP contribution in [0.3, 0.4) is 0 Å². The van der Waals surface area contributed by atoms with Crippen LogP contribution in [0.2, 0.25) is 0 Å². The number of nitrogens with two attached hydrogens (primary N) is 3. The maximum absolute atomic E-state index is 13.5. The fourth-order valence-corrected chi connectivity index (χ4v) is 2.03. The zero-order chi connectivity index (χ0) is 27.0. The van der Waals surface area contributed by atoms with Gasteiger partial charge in [0.05, 0.1) is 11.8 Å². The number of carbonyl (C=O) groups excluding carboxylic acids is 3. The Morgan fingerprint density at radius 1 is 0.892 bits per heavy atom. The third kappa shape index (κ3) is 19.1. The molecule has 0 bridgehead atoms. The van der Waals surface area contributed by atoms with Crippen molar-refractivity contribution in [2.24, 2.45) is 22.4 Å². The quantitative estimate of drug-likeness (QED) is 0.0730. The Morgan fingerprint density at radius 2 is 1.30 bits per heavy atom. The molecular formula is C20H26AcF2N8O4S2. The van der Waals surface area contributed by atoms with Crippen LogP contribution in [-0.2, 0) is 9.59 Å². The number of thiocarbonyl (C=S) groups is 2. The Kier molecular flexibility index (Phi) is 22.5.